The Balaban J connectivity index is 1.36. The zero-order valence-corrected chi connectivity index (χ0v) is 18.0. The third-order valence-corrected chi connectivity index (χ3v) is 5.49. The van der Waals surface area contributed by atoms with Crippen LogP contribution in [0.15, 0.2) is 59.1 Å². The van der Waals surface area contributed by atoms with Gasteiger partial charge in [0.05, 0.1) is 6.04 Å². The van der Waals surface area contributed by atoms with Gasteiger partial charge in [-0.3, -0.25) is 4.79 Å². The summed E-state index contributed by atoms with van der Waals surface area (Å²) in [5.74, 6) is -1.82. The maximum Gasteiger partial charge on any atom is 0.471 e. The third kappa shape index (κ3) is 5.53. The molecule has 8 nitrogen and oxygen atoms in total. The molecule has 11 heteroatoms. The minimum atomic E-state index is -4.72. The Hall–Kier alpha value is -3.89. The Morgan fingerprint density at radius 3 is 2.47 bits per heavy atom. The maximum atomic E-state index is 12.9. The lowest BCUT2D eigenvalue weighted by molar-refractivity contribution is -0.159. The zero-order chi connectivity index (χ0) is 24.1. The van der Waals surface area contributed by atoms with E-state index < -0.39 is 12.1 Å². The fraction of sp³-hybridized carbons (Fsp3) is 0.304. The number of nitrogens with one attached hydrogen (secondary N) is 2. The SMILES string of the molecule is O=C(NCC1CCCCN1C(=O)Nc1ccc(-c2noc(C(F)(F)F)n2)cc1)c1ccccc1. The largest absolute Gasteiger partial charge is 0.471 e. The minimum Gasteiger partial charge on any atom is -0.350 e. The summed E-state index contributed by atoms with van der Waals surface area (Å²) in [6, 6.07) is 14.5. The molecule has 3 aromatic rings. The molecule has 3 amide bonds. The van der Waals surface area contributed by atoms with E-state index in [1.807, 2.05) is 6.07 Å². The first kappa shape index (κ1) is 23.3. The average Bonchev–Trinajstić information content (AvgIpc) is 3.35. The number of piperidine rings is 1. The number of halogens is 3. The molecular formula is C23H22F3N5O3. The monoisotopic (exact) mass is 473 g/mol. The van der Waals surface area contributed by atoms with Crippen molar-refractivity contribution in [2.45, 2.75) is 31.5 Å². The molecule has 34 heavy (non-hydrogen) atoms. The van der Waals surface area contributed by atoms with Crippen LogP contribution in [0.2, 0.25) is 0 Å². The number of amides is 3. The Labute approximate surface area is 193 Å². The second kappa shape index (κ2) is 9.94. The van der Waals surface area contributed by atoms with Gasteiger partial charge in [0.15, 0.2) is 0 Å². The number of urea groups is 1. The first-order valence-corrected chi connectivity index (χ1v) is 10.7. The number of aromatic nitrogens is 2. The Morgan fingerprint density at radius 1 is 1.06 bits per heavy atom. The van der Waals surface area contributed by atoms with Crippen LogP contribution in [-0.2, 0) is 6.18 Å². The molecule has 2 heterocycles. The lowest BCUT2D eigenvalue weighted by Crippen LogP contribution is -2.50. The molecule has 0 saturated carbocycles. The number of anilines is 1. The zero-order valence-electron chi connectivity index (χ0n) is 18.0. The van der Waals surface area contributed by atoms with Crippen molar-refractivity contribution in [3.63, 3.8) is 0 Å². The highest BCUT2D eigenvalue weighted by Crippen LogP contribution is 2.29. The lowest BCUT2D eigenvalue weighted by Gasteiger charge is -2.35. The molecule has 1 atom stereocenters. The number of nitrogens with zero attached hydrogens (tertiary/aromatic N) is 3. The minimum absolute atomic E-state index is 0.152. The molecule has 1 fully saturated rings. The van der Waals surface area contributed by atoms with E-state index >= 15 is 0 Å². The van der Waals surface area contributed by atoms with Gasteiger partial charge >= 0.3 is 18.1 Å². The quantitative estimate of drug-likeness (QED) is 0.565. The second-order valence-electron chi connectivity index (χ2n) is 7.85. The van der Waals surface area contributed by atoms with Crippen LogP contribution >= 0.6 is 0 Å². The summed E-state index contributed by atoms with van der Waals surface area (Å²) in [7, 11) is 0. The normalized spacial score (nSPS) is 16.2. The summed E-state index contributed by atoms with van der Waals surface area (Å²) in [6.45, 7) is 0.887. The van der Waals surface area contributed by atoms with Crippen LogP contribution in [0, 0.1) is 0 Å². The van der Waals surface area contributed by atoms with E-state index in [-0.39, 0.29) is 23.8 Å². The van der Waals surface area contributed by atoms with Gasteiger partial charge in [-0.05, 0) is 55.7 Å². The van der Waals surface area contributed by atoms with Gasteiger partial charge in [-0.1, -0.05) is 23.4 Å². The van der Waals surface area contributed by atoms with Crippen LogP contribution in [0.25, 0.3) is 11.4 Å². The highest BCUT2D eigenvalue weighted by molar-refractivity contribution is 5.94. The van der Waals surface area contributed by atoms with Gasteiger partial charge in [0, 0.05) is 29.9 Å². The van der Waals surface area contributed by atoms with Crippen molar-refractivity contribution in [3.8, 4) is 11.4 Å². The summed E-state index contributed by atoms with van der Waals surface area (Å²) < 4.78 is 42.2. The predicted molar refractivity (Wildman–Crippen MR) is 117 cm³/mol. The average molecular weight is 473 g/mol. The van der Waals surface area contributed by atoms with E-state index in [1.54, 1.807) is 41.3 Å². The molecule has 0 spiro atoms. The first-order chi connectivity index (χ1) is 16.3. The molecule has 1 aliphatic heterocycles. The topological polar surface area (TPSA) is 100 Å². The van der Waals surface area contributed by atoms with E-state index in [9.17, 15) is 22.8 Å². The molecule has 178 valence electrons. The van der Waals surface area contributed by atoms with E-state index in [1.165, 1.54) is 12.1 Å². The molecule has 4 rings (SSSR count). The molecule has 0 bridgehead atoms. The summed E-state index contributed by atoms with van der Waals surface area (Å²) in [5.41, 5.74) is 1.33. The van der Waals surface area contributed by atoms with Gasteiger partial charge in [0.1, 0.15) is 0 Å². The van der Waals surface area contributed by atoms with Crippen LogP contribution in [0.4, 0.5) is 23.7 Å². The molecule has 1 saturated heterocycles. The Kier molecular flexibility index (Phi) is 6.80. The summed E-state index contributed by atoms with van der Waals surface area (Å²) >= 11 is 0. The van der Waals surface area contributed by atoms with Crippen LogP contribution in [-0.4, -0.2) is 46.1 Å². The summed E-state index contributed by atoms with van der Waals surface area (Å²) in [6.07, 6.45) is -2.14. The number of alkyl halides is 3. The molecule has 1 aromatic heterocycles. The predicted octanol–water partition coefficient (Wildman–Crippen LogP) is 4.57. The van der Waals surface area contributed by atoms with Gasteiger partial charge in [-0.15, -0.1) is 0 Å². The molecular weight excluding hydrogens is 451 g/mol. The second-order valence-corrected chi connectivity index (χ2v) is 7.85. The van der Waals surface area contributed by atoms with Crippen molar-refractivity contribution >= 4 is 17.6 Å². The van der Waals surface area contributed by atoms with E-state index in [4.69, 9.17) is 0 Å². The number of rotatable bonds is 5. The van der Waals surface area contributed by atoms with Crippen LogP contribution in [0.5, 0.6) is 0 Å². The van der Waals surface area contributed by atoms with Crippen molar-refractivity contribution in [2.75, 3.05) is 18.4 Å². The van der Waals surface area contributed by atoms with E-state index in [0.29, 0.717) is 29.9 Å². The van der Waals surface area contributed by atoms with Crippen molar-refractivity contribution in [3.05, 3.63) is 66.1 Å². The maximum absolute atomic E-state index is 12.9. The molecule has 2 aromatic carbocycles. The Bertz CT molecular complexity index is 1130. The molecule has 2 N–H and O–H groups in total. The fourth-order valence-corrected chi connectivity index (χ4v) is 3.74. The first-order valence-electron chi connectivity index (χ1n) is 10.7. The van der Waals surface area contributed by atoms with E-state index in [2.05, 4.69) is 25.3 Å². The van der Waals surface area contributed by atoms with E-state index in [0.717, 1.165) is 19.3 Å². The fourth-order valence-electron chi connectivity index (χ4n) is 3.74. The number of hydrogen-bond donors (Lipinski definition) is 2. The number of carbonyl (C=O) groups is 2. The molecule has 1 aliphatic rings. The van der Waals surface area contributed by atoms with Crippen LogP contribution in [0.3, 0.4) is 0 Å². The number of benzene rings is 2. The number of carbonyl (C=O) groups excluding carboxylic acids is 2. The summed E-state index contributed by atoms with van der Waals surface area (Å²) in [5, 5.41) is 9.04. The van der Waals surface area contributed by atoms with Crippen molar-refractivity contribution in [1.29, 1.82) is 0 Å². The van der Waals surface area contributed by atoms with Crippen LogP contribution < -0.4 is 10.6 Å². The standard InChI is InChI=1S/C23H22F3N5O3/c24-23(25,26)21-29-19(30-34-21)15-9-11-17(12-10-15)28-22(33)31-13-5-4-8-18(31)14-27-20(32)16-6-2-1-3-7-16/h1-3,6-7,9-12,18H,4-5,8,13-14H2,(H,27,32)(H,28,33). The lowest BCUT2D eigenvalue weighted by atomic mass is 10.0. The van der Waals surface area contributed by atoms with Gasteiger partial charge in [0.2, 0.25) is 5.82 Å². The van der Waals surface area contributed by atoms with Gasteiger partial charge in [-0.25, -0.2) is 4.79 Å². The smallest absolute Gasteiger partial charge is 0.350 e. The van der Waals surface area contributed by atoms with Gasteiger partial charge < -0.3 is 20.1 Å². The number of likely N-dealkylation sites (tertiary alicyclic amines) is 1. The number of hydrogen-bond acceptors (Lipinski definition) is 5. The third-order valence-electron chi connectivity index (χ3n) is 5.49. The van der Waals surface area contributed by atoms with Crippen molar-refractivity contribution < 1.29 is 27.3 Å². The Morgan fingerprint density at radius 2 is 1.79 bits per heavy atom. The molecule has 0 aliphatic carbocycles. The highest BCUT2D eigenvalue weighted by Gasteiger charge is 2.38. The van der Waals surface area contributed by atoms with Gasteiger partial charge in [-0.2, -0.15) is 18.2 Å². The molecule has 1 unspecified atom stereocenters. The van der Waals surface area contributed by atoms with Crippen molar-refractivity contribution in [1.82, 2.24) is 20.4 Å². The van der Waals surface area contributed by atoms with Gasteiger partial charge in [0.25, 0.3) is 5.91 Å². The van der Waals surface area contributed by atoms with Crippen LogP contribution in [0.1, 0.15) is 35.5 Å². The molecule has 0 radical (unpaired) electrons. The summed E-state index contributed by atoms with van der Waals surface area (Å²) in [4.78, 5) is 30.3. The highest BCUT2D eigenvalue weighted by atomic mass is 19.4. The van der Waals surface area contributed by atoms with Crippen molar-refractivity contribution in [2.24, 2.45) is 0 Å².